The van der Waals surface area contributed by atoms with Crippen LogP contribution in [0.3, 0.4) is 0 Å². The Kier molecular flexibility index (Phi) is 27.0. The first-order chi connectivity index (χ1) is 13.6. The summed E-state index contributed by atoms with van der Waals surface area (Å²) < 4.78 is 14.9. The van der Waals surface area contributed by atoms with Crippen molar-refractivity contribution in [2.45, 2.75) is 45.4 Å². The molecule has 0 unspecified atom stereocenters. The number of carbonyl (C=O) groups excluding carboxylic acids is 1. The molecule has 0 bridgehead atoms. The van der Waals surface area contributed by atoms with E-state index in [1.54, 1.807) is 6.92 Å². The molecular weight excluding hydrogens is 403 g/mol. The fourth-order valence-corrected chi connectivity index (χ4v) is 3.27. The van der Waals surface area contributed by atoms with Crippen LogP contribution >= 0.6 is 0 Å². The quantitative estimate of drug-likeness (QED) is 0.222. The molecule has 0 aromatic heterocycles. The molecule has 10 nitrogen and oxygen atoms in total. The van der Waals surface area contributed by atoms with Crippen molar-refractivity contribution in [1.82, 2.24) is 9.80 Å². The molecule has 11 heteroatoms. The Labute approximate surface area is 198 Å². The summed E-state index contributed by atoms with van der Waals surface area (Å²) in [6, 6.07) is 0. The molecular formula is C20H40LiN2O8-. The SMILES string of the molecule is CCOC(=O)COCCN1CCCCC1.O=C(O)COCCN1CCCCC1.[Li+].[OH-].[OH-]. The first kappa shape index (κ1) is 34.9. The monoisotopic (exact) mass is 443 g/mol. The summed E-state index contributed by atoms with van der Waals surface area (Å²) >= 11 is 0. The van der Waals surface area contributed by atoms with Crippen LogP contribution in [0.1, 0.15) is 45.4 Å². The number of carbonyl (C=O) groups is 2. The van der Waals surface area contributed by atoms with Crippen LogP contribution in [-0.2, 0) is 23.8 Å². The number of nitrogens with zero attached hydrogens (tertiary/aromatic N) is 2. The van der Waals surface area contributed by atoms with E-state index in [0.717, 1.165) is 26.2 Å². The zero-order valence-corrected chi connectivity index (χ0v) is 19.3. The van der Waals surface area contributed by atoms with E-state index in [0.29, 0.717) is 19.8 Å². The molecule has 2 aliphatic heterocycles. The van der Waals surface area contributed by atoms with E-state index in [2.05, 4.69) is 9.80 Å². The van der Waals surface area contributed by atoms with Gasteiger partial charge in [0, 0.05) is 13.1 Å². The first-order valence-corrected chi connectivity index (χ1v) is 10.6. The maximum Gasteiger partial charge on any atom is 1.00 e. The van der Waals surface area contributed by atoms with Gasteiger partial charge < -0.3 is 40.1 Å². The number of ether oxygens (including phenoxy) is 3. The smallest absolute Gasteiger partial charge is 0.870 e. The molecule has 0 spiro atoms. The van der Waals surface area contributed by atoms with Crippen LogP contribution in [0.5, 0.6) is 0 Å². The summed E-state index contributed by atoms with van der Waals surface area (Å²) in [5.41, 5.74) is 0. The normalized spacial score (nSPS) is 16.4. The zero-order chi connectivity index (χ0) is 20.5. The van der Waals surface area contributed by atoms with Crippen molar-refractivity contribution in [2.75, 3.05) is 72.3 Å². The molecule has 2 rings (SSSR count). The summed E-state index contributed by atoms with van der Waals surface area (Å²) in [6.07, 6.45) is 7.78. The molecule has 0 atom stereocenters. The third kappa shape index (κ3) is 20.9. The molecule has 0 saturated carbocycles. The molecule has 31 heavy (non-hydrogen) atoms. The average molecular weight is 443 g/mol. The summed E-state index contributed by atoms with van der Waals surface area (Å²) in [7, 11) is 0. The molecule has 0 aromatic carbocycles. The average Bonchev–Trinajstić information content (AvgIpc) is 2.71. The van der Waals surface area contributed by atoms with Gasteiger partial charge in [-0.05, 0) is 58.8 Å². The van der Waals surface area contributed by atoms with E-state index < -0.39 is 5.97 Å². The topological polar surface area (TPSA) is 149 Å². The molecule has 2 saturated heterocycles. The van der Waals surface area contributed by atoms with Gasteiger partial charge in [-0.1, -0.05) is 12.8 Å². The Bertz CT molecular complexity index is 420. The van der Waals surface area contributed by atoms with Crippen molar-refractivity contribution in [3.63, 3.8) is 0 Å². The minimum Gasteiger partial charge on any atom is -0.870 e. The van der Waals surface area contributed by atoms with Crippen molar-refractivity contribution in [1.29, 1.82) is 0 Å². The zero-order valence-electron chi connectivity index (χ0n) is 19.3. The number of aliphatic carboxylic acids is 1. The van der Waals surface area contributed by atoms with Gasteiger partial charge in [0.1, 0.15) is 13.2 Å². The van der Waals surface area contributed by atoms with E-state index in [4.69, 9.17) is 19.3 Å². The Hall–Kier alpha value is -0.703. The maximum atomic E-state index is 10.9. The molecule has 2 heterocycles. The number of rotatable bonds is 11. The Balaban J connectivity index is -0.000000465. The summed E-state index contributed by atoms with van der Waals surface area (Å²) in [5.74, 6) is -1.16. The van der Waals surface area contributed by atoms with Crippen LogP contribution in [-0.4, -0.2) is 110 Å². The van der Waals surface area contributed by atoms with Crippen molar-refractivity contribution < 1.29 is 58.7 Å². The van der Waals surface area contributed by atoms with Gasteiger partial charge >= 0.3 is 30.8 Å². The standard InChI is InChI=1S/C11H21NO3.C9H17NO3.Li.2H2O/c1-2-15-11(13)10-14-9-8-12-6-4-3-5-7-12;11-9(12)8-13-7-6-10-4-2-1-3-5-10;;;/h2-10H2,1H3;1-8H2,(H,11,12);;2*1H2/q;;+1;;/p-2. The largest absolute Gasteiger partial charge is 1.00 e. The number of likely N-dealkylation sites (tertiary alicyclic amines) is 2. The number of hydrogen-bond acceptors (Lipinski definition) is 9. The van der Waals surface area contributed by atoms with Crippen LogP contribution in [0.15, 0.2) is 0 Å². The Morgan fingerprint density at radius 3 is 1.58 bits per heavy atom. The maximum absolute atomic E-state index is 10.9. The van der Waals surface area contributed by atoms with Gasteiger partial charge in [0.05, 0.1) is 19.8 Å². The summed E-state index contributed by atoms with van der Waals surface area (Å²) in [4.78, 5) is 25.8. The van der Waals surface area contributed by atoms with E-state index in [1.165, 1.54) is 51.6 Å². The van der Waals surface area contributed by atoms with Crippen LogP contribution in [0.2, 0.25) is 0 Å². The second-order valence-electron chi connectivity index (χ2n) is 7.11. The van der Waals surface area contributed by atoms with Crippen molar-refractivity contribution >= 4 is 11.9 Å². The van der Waals surface area contributed by atoms with Crippen LogP contribution in [0.4, 0.5) is 0 Å². The van der Waals surface area contributed by atoms with Gasteiger partial charge in [0.15, 0.2) is 0 Å². The number of hydrogen-bond donors (Lipinski definition) is 1. The van der Waals surface area contributed by atoms with Crippen LogP contribution < -0.4 is 18.9 Å². The van der Waals surface area contributed by atoms with Crippen molar-refractivity contribution in [3.05, 3.63) is 0 Å². The van der Waals surface area contributed by atoms with Gasteiger partial charge in [-0.25, -0.2) is 9.59 Å². The molecule has 0 amide bonds. The molecule has 180 valence electrons. The van der Waals surface area contributed by atoms with E-state index in [-0.39, 0.29) is 49.0 Å². The second-order valence-corrected chi connectivity index (χ2v) is 7.11. The molecule has 2 fully saturated rings. The van der Waals surface area contributed by atoms with Gasteiger partial charge in [-0.2, -0.15) is 0 Å². The Morgan fingerprint density at radius 1 is 0.774 bits per heavy atom. The first-order valence-electron chi connectivity index (χ1n) is 10.6. The molecule has 2 aliphatic rings. The van der Waals surface area contributed by atoms with Gasteiger partial charge in [0.25, 0.3) is 0 Å². The van der Waals surface area contributed by atoms with E-state index >= 15 is 0 Å². The fourth-order valence-electron chi connectivity index (χ4n) is 3.27. The number of carboxylic acid groups (broad SMARTS) is 1. The van der Waals surface area contributed by atoms with E-state index in [1.807, 2.05) is 0 Å². The minimum atomic E-state index is -0.890. The van der Waals surface area contributed by atoms with E-state index in [9.17, 15) is 9.59 Å². The summed E-state index contributed by atoms with van der Waals surface area (Å²) in [6.45, 7) is 9.70. The molecule has 0 aliphatic carbocycles. The number of esters is 1. The third-order valence-electron chi connectivity index (χ3n) is 4.75. The van der Waals surface area contributed by atoms with Crippen LogP contribution in [0.25, 0.3) is 0 Å². The second kappa shape index (κ2) is 24.0. The number of piperidine rings is 2. The Morgan fingerprint density at radius 2 is 1.19 bits per heavy atom. The minimum absolute atomic E-state index is 0. The fraction of sp³-hybridized carbons (Fsp3) is 0.900. The molecule has 0 radical (unpaired) electrons. The van der Waals surface area contributed by atoms with Crippen LogP contribution in [0, 0.1) is 0 Å². The van der Waals surface area contributed by atoms with Gasteiger partial charge in [-0.3, -0.25) is 0 Å². The van der Waals surface area contributed by atoms with Crippen molar-refractivity contribution in [3.8, 4) is 0 Å². The molecule has 3 N–H and O–H groups in total. The van der Waals surface area contributed by atoms with Gasteiger partial charge in [0.2, 0.25) is 0 Å². The molecule has 0 aromatic rings. The third-order valence-corrected chi connectivity index (χ3v) is 4.75. The predicted molar refractivity (Wildman–Crippen MR) is 110 cm³/mol. The van der Waals surface area contributed by atoms with Gasteiger partial charge in [-0.15, -0.1) is 0 Å². The summed E-state index contributed by atoms with van der Waals surface area (Å²) in [5, 5.41) is 8.31. The van der Waals surface area contributed by atoms with Crippen molar-refractivity contribution in [2.24, 2.45) is 0 Å². The number of carboxylic acids is 1. The predicted octanol–water partition coefficient (Wildman–Crippen LogP) is -1.72.